The van der Waals surface area contributed by atoms with Gasteiger partial charge in [0.25, 0.3) is 0 Å². The van der Waals surface area contributed by atoms with E-state index in [1.165, 1.54) is 31.2 Å². The van der Waals surface area contributed by atoms with E-state index in [9.17, 15) is 17.6 Å². The summed E-state index contributed by atoms with van der Waals surface area (Å²) in [5.41, 5.74) is 0.417. The lowest BCUT2D eigenvalue weighted by atomic mass is 10.2. The van der Waals surface area contributed by atoms with E-state index in [0.717, 1.165) is 10.6 Å². The summed E-state index contributed by atoms with van der Waals surface area (Å²) in [6.45, 7) is 1.88. The third kappa shape index (κ3) is 5.45. The number of benzene rings is 2. The molecule has 1 N–H and O–H groups in total. The molecule has 0 fully saturated rings. The minimum atomic E-state index is -3.63. The summed E-state index contributed by atoms with van der Waals surface area (Å²) in [4.78, 5) is 12.3. The standard InChI is InChI=1S/C18H21FN2O4S/c1-14(21(26(2,23)24)16-6-4-3-5-7-16)18(22)20-12-13-25-17-10-8-15(19)9-11-17/h3-11,14H,12-13H2,1-2H3,(H,20,22)/t14-/m1/s1. The van der Waals surface area contributed by atoms with E-state index < -0.39 is 22.0 Å². The van der Waals surface area contributed by atoms with Crippen LogP contribution in [0.3, 0.4) is 0 Å². The summed E-state index contributed by atoms with van der Waals surface area (Å²) in [6.07, 6.45) is 1.06. The van der Waals surface area contributed by atoms with Crippen molar-refractivity contribution in [2.45, 2.75) is 13.0 Å². The van der Waals surface area contributed by atoms with E-state index in [2.05, 4.69) is 5.32 Å². The number of hydrogen-bond acceptors (Lipinski definition) is 4. The second-order valence-electron chi connectivity index (χ2n) is 5.66. The van der Waals surface area contributed by atoms with Crippen molar-refractivity contribution in [3.63, 3.8) is 0 Å². The van der Waals surface area contributed by atoms with Crippen LogP contribution in [0.1, 0.15) is 6.92 Å². The largest absolute Gasteiger partial charge is 0.492 e. The SMILES string of the molecule is C[C@H](C(=O)NCCOc1ccc(F)cc1)N(c1ccccc1)S(C)(=O)=O. The maximum Gasteiger partial charge on any atom is 0.243 e. The third-order valence-electron chi connectivity index (χ3n) is 3.58. The number of para-hydroxylation sites is 1. The van der Waals surface area contributed by atoms with Crippen LogP contribution in [-0.4, -0.2) is 39.8 Å². The molecule has 0 saturated carbocycles. The van der Waals surface area contributed by atoms with Crippen LogP contribution in [0.25, 0.3) is 0 Å². The van der Waals surface area contributed by atoms with E-state index >= 15 is 0 Å². The molecule has 0 heterocycles. The Morgan fingerprint density at radius 2 is 1.77 bits per heavy atom. The molecule has 0 aliphatic rings. The van der Waals surface area contributed by atoms with Gasteiger partial charge in [-0.05, 0) is 43.3 Å². The summed E-state index contributed by atoms with van der Waals surface area (Å²) in [5.74, 6) is -0.320. The highest BCUT2D eigenvalue weighted by Gasteiger charge is 2.28. The molecule has 0 spiro atoms. The Morgan fingerprint density at radius 3 is 2.35 bits per heavy atom. The predicted octanol–water partition coefficient (Wildman–Crippen LogP) is 2.18. The Morgan fingerprint density at radius 1 is 1.15 bits per heavy atom. The fourth-order valence-corrected chi connectivity index (χ4v) is 3.58. The third-order valence-corrected chi connectivity index (χ3v) is 4.82. The van der Waals surface area contributed by atoms with Crippen molar-refractivity contribution in [3.8, 4) is 5.75 Å². The van der Waals surface area contributed by atoms with E-state index in [-0.39, 0.29) is 19.0 Å². The van der Waals surface area contributed by atoms with Gasteiger partial charge < -0.3 is 10.1 Å². The van der Waals surface area contributed by atoms with Gasteiger partial charge in [0.15, 0.2) is 0 Å². The van der Waals surface area contributed by atoms with Crippen LogP contribution in [0.5, 0.6) is 5.75 Å². The molecule has 0 aromatic heterocycles. The van der Waals surface area contributed by atoms with Gasteiger partial charge >= 0.3 is 0 Å². The first-order valence-electron chi connectivity index (χ1n) is 7.99. The molecule has 0 aliphatic heterocycles. The summed E-state index contributed by atoms with van der Waals surface area (Å²) in [6, 6.07) is 13.0. The molecule has 26 heavy (non-hydrogen) atoms. The molecule has 0 saturated heterocycles. The lowest BCUT2D eigenvalue weighted by Gasteiger charge is -2.28. The second-order valence-corrected chi connectivity index (χ2v) is 7.52. The second kappa shape index (κ2) is 8.66. The van der Waals surface area contributed by atoms with Gasteiger partial charge in [-0.15, -0.1) is 0 Å². The van der Waals surface area contributed by atoms with Gasteiger partial charge in [-0.25, -0.2) is 12.8 Å². The van der Waals surface area contributed by atoms with E-state index in [4.69, 9.17) is 4.74 Å². The lowest BCUT2D eigenvalue weighted by Crippen LogP contribution is -2.48. The van der Waals surface area contributed by atoms with Crippen LogP contribution in [0.4, 0.5) is 10.1 Å². The zero-order valence-corrected chi connectivity index (χ0v) is 15.4. The quantitative estimate of drug-likeness (QED) is 0.712. The van der Waals surface area contributed by atoms with Crippen LogP contribution in [-0.2, 0) is 14.8 Å². The Hall–Kier alpha value is -2.61. The summed E-state index contributed by atoms with van der Waals surface area (Å²) < 4.78 is 43.5. The van der Waals surface area contributed by atoms with E-state index in [0.29, 0.717) is 11.4 Å². The molecule has 1 atom stereocenters. The van der Waals surface area contributed by atoms with Gasteiger partial charge in [-0.1, -0.05) is 18.2 Å². The molecular formula is C18H21FN2O4S. The first-order chi connectivity index (χ1) is 12.3. The normalized spacial score (nSPS) is 12.3. The zero-order chi connectivity index (χ0) is 19.2. The van der Waals surface area contributed by atoms with Crippen molar-refractivity contribution < 1.29 is 22.3 Å². The van der Waals surface area contributed by atoms with Gasteiger partial charge in [0.05, 0.1) is 18.5 Å². The van der Waals surface area contributed by atoms with E-state index in [1.54, 1.807) is 30.3 Å². The summed E-state index contributed by atoms with van der Waals surface area (Å²) in [7, 11) is -3.63. The van der Waals surface area contributed by atoms with E-state index in [1.807, 2.05) is 0 Å². The first-order valence-corrected chi connectivity index (χ1v) is 9.84. The minimum Gasteiger partial charge on any atom is -0.492 e. The number of sulfonamides is 1. The Bertz CT molecular complexity index is 826. The number of anilines is 1. The van der Waals surface area contributed by atoms with Crippen LogP contribution in [0.15, 0.2) is 54.6 Å². The maximum absolute atomic E-state index is 12.8. The first kappa shape index (κ1) is 19.7. The Balaban J connectivity index is 1.93. The van der Waals surface area contributed by atoms with Gasteiger partial charge in [0.1, 0.15) is 24.2 Å². The fraction of sp³-hybridized carbons (Fsp3) is 0.278. The number of carbonyl (C=O) groups excluding carboxylic acids is 1. The molecule has 0 aliphatic carbocycles. The van der Waals surface area contributed by atoms with Crippen molar-refractivity contribution in [2.24, 2.45) is 0 Å². The number of amides is 1. The lowest BCUT2D eigenvalue weighted by molar-refractivity contribution is -0.121. The van der Waals surface area contributed by atoms with Gasteiger partial charge in [-0.3, -0.25) is 9.10 Å². The average Bonchev–Trinajstić information content (AvgIpc) is 2.60. The molecular weight excluding hydrogens is 359 g/mol. The van der Waals surface area contributed by atoms with Crippen LogP contribution in [0.2, 0.25) is 0 Å². The zero-order valence-electron chi connectivity index (χ0n) is 14.6. The van der Waals surface area contributed by atoms with Crippen molar-refractivity contribution in [3.05, 3.63) is 60.4 Å². The molecule has 0 bridgehead atoms. The molecule has 0 unspecified atom stereocenters. The molecule has 0 radical (unpaired) electrons. The van der Waals surface area contributed by atoms with Crippen LogP contribution >= 0.6 is 0 Å². The Kier molecular flexibility index (Phi) is 6.57. The number of halogens is 1. The van der Waals surface area contributed by atoms with Crippen molar-refractivity contribution in [1.29, 1.82) is 0 Å². The number of rotatable bonds is 8. The van der Waals surface area contributed by atoms with Crippen LogP contribution < -0.4 is 14.4 Å². The van der Waals surface area contributed by atoms with Gasteiger partial charge in [0.2, 0.25) is 15.9 Å². The summed E-state index contributed by atoms with van der Waals surface area (Å²) in [5, 5.41) is 2.64. The number of carbonyl (C=O) groups is 1. The highest BCUT2D eigenvalue weighted by molar-refractivity contribution is 7.92. The molecule has 2 rings (SSSR count). The molecule has 2 aromatic rings. The monoisotopic (exact) mass is 380 g/mol. The van der Waals surface area contributed by atoms with Gasteiger partial charge in [-0.2, -0.15) is 0 Å². The topological polar surface area (TPSA) is 75.7 Å². The smallest absolute Gasteiger partial charge is 0.243 e. The highest BCUT2D eigenvalue weighted by atomic mass is 32.2. The fourth-order valence-electron chi connectivity index (χ4n) is 2.41. The maximum atomic E-state index is 12.8. The van der Waals surface area contributed by atoms with Crippen molar-refractivity contribution in [2.75, 3.05) is 23.7 Å². The molecule has 1 amide bonds. The number of nitrogens with zero attached hydrogens (tertiary/aromatic N) is 1. The molecule has 140 valence electrons. The predicted molar refractivity (Wildman–Crippen MR) is 98.1 cm³/mol. The van der Waals surface area contributed by atoms with Gasteiger partial charge in [0, 0.05) is 0 Å². The number of ether oxygens (including phenoxy) is 1. The van der Waals surface area contributed by atoms with Crippen molar-refractivity contribution in [1.82, 2.24) is 5.32 Å². The molecule has 8 heteroatoms. The number of hydrogen-bond donors (Lipinski definition) is 1. The Labute approximate surface area is 152 Å². The minimum absolute atomic E-state index is 0.175. The van der Waals surface area contributed by atoms with Crippen LogP contribution in [0, 0.1) is 5.82 Å². The molecule has 6 nitrogen and oxygen atoms in total. The molecule has 2 aromatic carbocycles. The number of nitrogens with one attached hydrogen (secondary N) is 1. The van der Waals surface area contributed by atoms with Crippen molar-refractivity contribution >= 4 is 21.6 Å². The average molecular weight is 380 g/mol. The summed E-state index contributed by atoms with van der Waals surface area (Å²) >= 11 is 0. The highest BCUT2D eigenvalue weighted by Crippen LogP contribution is 2.20.